The summed E-state index contributed by atoms with van der Waals surface area (Å²) < 4.78 is 1.21. The maximum absolute atomic E-state index is 12.6. The molecule has 1 atom stereocenters. The van der Waals surface area contributed by atoms with E-state index in [1.165, 1.54) is 4.68 Å². The van der Waals surface area contributed by atoms with E-state index >= 15 is 0 Å². The van der Waals surface area contributed by atoms with Crippen LogP contribution in [0.2, 0.25) is 0 Å². The number of nitrogens with zero attached hydrogens (tertiary/aromatic N) is 4. The maximum atomic E-state index is 12.6. The Morgan fingerprint density at radius 1 is 1.28 bits per heavy atom. The molecule has 25 heavy (non-hydrogen) atoms. The number of hydrogen-bond donors (Lipinski definition) is 1. The van der Waals surface area contributed by atoms with Crippen LogP contribution in [0, 0.1) is 0 Å². The summed E-state index contributed by atoms with van der Waals surface area (Å²) in [4.78, 5) is 38.6. The minimum absolute atomic E-state index is 0.112. The van der Waals surface area contributed by atoms with Gasteiger partial charge in [-0.3, -0.25) is 14.4 Å². The molecular weight excluding hydrogens is 322 g/mol. The average molecular weight is 343 g/mol. The van der Waals surface area contributed by atoms with Crippen molar-refractivity contribution in [3.8, 4) is 0 Å². The SMILES string of the molecule is CNC(=O)[C@H]1CCCCN1C(=O)CCn1nnc2ccccc2c1=O. The quantitative estimate of drug-likeness (QED) is 0.862. The highest BCUT2D eigenvalue weighted by atomic mass is 16.2. The number of benzene rings is 1. The summed E-state index contributed by atoms with van der Waals surface area (Å²) in [7, 11) is 1.57. The molecule has 1 N–H and O–H groups in total. The predicted octanol–water partition coefficient (Wildman–Crippen LogP) is 0.309. The van der Waals surface area contributed by atoms with E-state index in [0.717, 1.165) is 12.8 Å². The predicted molar refractivity (Wildman–Crippen MR) is 91.8 cm³/mol. The van der Waals surface area contributed by atoms with Gasteiger partial charge in [0, 0.05) is 20.0 Å². The summed E-state index contributed by atoms with van der Waals surface area (Å²) in [6.45, 7) is 0.710. The zero-order chi connectivity index (χ0) is 17.8. The van der Waals surface area contributed by atoms with E-state index in [9.17, 15) is 14.4 Å². The zero-order valence-corrected chi connectivity index (χ0v) is 14.1. The number of likely N-dealkylation sites (N-methyl/N-ethyl adjacent to an activating group) is 1. The van der Waals surface area contributed by atoms with Gasteiger partial charge in [-0.15, -0.1) is 5.10 Å². The number of aryl methyl sites for hydroxylation is 1. The Kier molecular flexibility index (Phi) is 5.06. The second-order valence-corrected chi connectivity index (χ2v) is 6.10. The van der Waals surface area contributed by atoms with Gasteiger partial charge >= 0.3 is 0 Å². The Hall–Kier alpha value is -2.77. The first kappa shape index (κ1) is 17.1. The standard InChI is InChI=1S/C17H21N5O3/c1-18-16(24)14-8-4-5-10-21(14)15(23)9-11-22-17(25)12-6-2-3-7-13(12)19-20-22/h2-3,6-7,14H,4-5,8-11H2,1H3,(H,18,24)/t14-/m1/s1. The molecule has 0 saturated carbocycles. The normalized spacial score (nSPS) is 17.5. The van der Waals surface area contributed by atoms with Crippen LogP contribution in [-0.4, -0.2) is 51.3 Å². The topological polar surface area (TPSA) is 97.2 Å². The Morgan fingerprint density at radius 2 is 2.08 bits per heavy atom. The smallest absolute Gasteiger partial charge is 0.277 e. The van der Waals surface area contributed by atoms with Gasteiger partial charge in [0.1, 0.15) is 11.6 Å². The Bertz CT molecular complexity index is 848. The third kappa shape index (κ3) is 3.52. The van der Waals surface area contributed by atoms with Crippen LogP contribution in [0.5, 0.6) is 0 Å². The lowest BCUT2D eigenvalue weighted by Crippen LogP contribution is -2.51. The van der Waals surface area contributed by atoms with Crippen molar-refractivity contribution in [2.45, 2.75) is 38.3 Å². The largest absolute Gasteiger partial charge is 0.357 e. The minimum Gasteiger partial charge on any atom is -0.357 e. The molecule has 1 aliphatic rings. The molecule has 8 heteroatoms. The number of fused-ring (bicyclic) bond motifs is 1. The summed E-state index contributed by atoms with van der Waals surface area (Å²) >= 11 is 0. The van der Waals surface area contributed by atoms with Gasteiger partial charge in [-0.25, -0.2) is 4.68 Å². The van der Waals surface area contributed by atoms with Gasteiger partial charge in [-0.2, -0.15) is 0 Å². The zero-order valence-electron chi connectivity index (χ0n) is 14.1. The van der Waals surface area contributed by atoms with Crippen molar-refractivity contribution in [1.29, 1.82) is 0 Å². The highest BCUT2D eigenvalue weighted by molar-refractivity contribution is 5.87. The van der Waals surface area contributed by atoms with Crippen LogP contribution in [0.4, 0.5) is 0 Å². The van der Waals surface area contributed by atoms with E-state index in [1.54, 1.807) is 36.2 Å². The van der Waals surface area contributed by atoms with Crippen molar-refractivity contribution in [3.63, 3.8) is 0 Å². The summed E-state index contributed by atoms with van der Waals surface area (Å²) in [6.07, 6.45) is 2.59. The van der Waals surface area contributed by atoms with Gasteiger partial charge < -0.3 is 10.2 Å². The molecule has 1 saturated heterocycles. The Labute approximate surface area is 144 Å². The first-order valence-corrected chi connectivity index (χ1v) is 8.45. The molecule has 0 radical (unpaired) electrons. The van der Waals surface area contributed by atoms with Crippen molar-refractivity contribution in [3.05, 3.63) is 34.6 Å². The van der Waals surface area contributed by atoms with Crippen molar-refractivity contribution in [2.24, 2.45) is 0 Å². The Morgan fingerprint density at radius 3 is 2.88 bits per heavy atom. The third-order valence-electron chi connectivity index (χ3n) is 4.54. The summed E-state index contributed by atoms with van der Waals surface area (Å²) in [5.74, 6) is -0.286. The molecular formula is C17H21N5O3. The number of piperidine rings is 1. The number of carbonyl (C=O) groups is 2. The highest BCUT2D eigenvalue weighted by Crippen LogP contribution is 2.18. The van der Waals surface area contributed by atoms with Crippen molar-refractivity contribution in [2.75, 3.05) is 13.6 Å². The van der Waals surface area contributed by atoms with Crippen LogP contribution in [0.1, 0.15) is 25.7 Å². The average Bonchev–Trinajstić information content (AvgIpc) is 2.67. The van der Waals surface area contributed by atoms with Crippen LogP contribution in [0.25, 0.3) is 10.9 Å². The van der Waals surface area contributed by atoms with Crippen molar-refractivity contribution in [1.82, 2.24) is 25.2 Å². The number of hydrogen-bond acceptors (Lipinski definition) is 5. The molecule has 0 bridgehead atoms. The van der Waals surface area contributed by atoms with Crippen LogP contribution < -0.4 is 10.9 Å². The van der Waals surface area contributed by atoms with Gasteiger partial charge in [0.25, 0.3) is 5.56 Å². The second kappa shape index (κ2) is 7.42. The lowest BCUT2D eigenvalue weighted by Gasteiger charge is -2.34. The first-order chi connectivity index (χ1) is 12.1. The lowest BCUT2D eigenvalue weighted by molar-refractivity contribution is -0.142. The molecule has 8 nitrogen and oxygen atoms in total. The molecule has 1 fully saturated rings. The fourth-order valence-electron chi connectivity index (χ4n) is 3.18. The molecule has 2 amide bonds. The van der Waals surface area contributed by atoms with E-state index in [2.05, 4.69) is 15.6 Å². The molecule has 3 rings (SSSR count). The van der Waals surface area contributed by atoms with Crippen LogP contribution in [-0.2, 0) is 16.1 Å². The van der Waals surface area contributed by atoms with E-state index in [1.807, 2.05) is 0 Å². The Balaban J connectivity index is 1.72. The number of carbonyl (C=O) groups excluding carboxylic acids is 2. The molecule has 1 aromatic heterocycles. The number of rotatable bonds is 4. The van der Waals surface area contributed by atoms with Gasteiger partial charge in [-0.1, -0.05) is 17.3 Å². The van der Waals surface area contributed by atoms with E-state index < -0.39 is 6.04 Å². The fourth-order valence-corrected chi connectivity index (χ4v) is 3.18. The summed E-state index contributed by atoms with van der Waals surface area (Å²) in [5, 5.41) is 11.0. The van der Waals surface area contributed by atoms with Crippen LogP contribution >= 0.6 is 0 Å². The second-order valence-electron chi connectivity index (χ2n) is 6.10. The van der Waals surface area contributed by atoms with E-state index in [4.69, 9.17) is 0 Å². The van der Waals surface area contributed by atoms with E-state index in [-0.39, 0.29) is 30.3 Å². The molecule has 1 aliphatic heterocycles. The van der Waals surface area contributed by atoms with Crippen molar-refractivity contribution >= 4 is 22.7 Å². The summed E-state index contributed by atoms with van der Waals surface area (Å²) in [6, 6.07) is 6.55. The molecule has 2 aromatic rings. The molecule has 0 spiro atoms. The van der Waals surface area contributed by atoms with Gasteiger partial charge in [0.15, 0.2) is 0 Å². The molecule has 132 valence electrons. The number of likely N-dealkylation sites (tertiary alicyclic amines) is 1. The minimum atomic E-state index is -0.425. The monoisotopic (exact) mass is 343 g/mol. The molecule has 0 unspecified atom stereocenters. The van der Waals surface area contributed by atoms with Gasteiger partial charge in [0.05, 0.1) is 11.9 Å². The van der Waals surface area contributed by atoms with E-state index in [0.29, 0.717) is 23.9 Å². The molecule has 2 heterocycles. The molecule has 1 aromatic carbocycles. The molecule has 0 aliphatic carbocycles. The van der Waals surface area contributed by atoms with Gasteiger partial charge in [-0.05, 0) is 31.4 Å². The first-order valence-electron chi connectivity index (χ1n) is 8.45. The van der Waals surface area contributed by atoms with Crippen LogP contribution in [0.3, 0.4) is 0 Å². The van der Waals surface area contributed by atoms with Gasteiger partial charge in [0.2, 0.25) is 11.8 Å². The maximum Gasteiger partial charge on any atom is 0.277 e. The number of amides is 2. The lowest BCUT2D eigenvalue weighted by atomic mass is 10.0. The fraction of sp³-hybridized carbons (Fsp3) is 0.471. The van der Waals surface area contributed by atoms with Crippen LogP contribution in [0.15, 0.2) is 29.1 Å². The summed E-state index contributed by atoms with van der Waals surface area (Å²) in [5.41, 5.74) is 0.269. The highest BCUT2D eigenvalue weighted by Gasteiger charge is 2.31. The third-order valence-corrected chi connectivity index (χ3v) is 4.54. The number of nitrogens with one attached hydrogen (secondary N) is 1. The number of aromatic nitrogens is 3. The van der Waals surface area contributed by atoms with Crippen molar-refractivity contribution < 1.29 is 9.59 Å².